The van der Waals surface area contributed by atoms with E-state index in [9.17, 15) is 0 Å². The molecule has 0 spiro atoms. The number of hydrogen-bond acceptors (Lipinski definition) is 3. The second-order valence-electron chi connectivity index (χ2n) is 3.26. The highest BCUT2D eigenvalue weighted by atomic mass is 16.3. The summed E-state index contributed by atoms with van der Waals surface area (Å²) in [6.45, 7) is 0.666. The Morgan fingerprint density at radius 2 is 2.36 bits per heavy atom. The maximum Gasteiger partial charge on any atom is 0.105 e. The van der Waals surface area contributed by atoms with Crippen LogP contribution in [0.4, 0.5) is 11.6 Å². The van der Waals surface area contributed by atoms with Crippen molar-refractivity contribution in [3.05, 3.63) is 12.1 Å². The Morgan fingerprint density at radius 3 is 3.00 bits per heavy atom. The van der Waals surface area contributed by atoms with Gasteiger partial charge in [0.15, 0.2) is 0 Å². The van der Waals surface area contributed by atoms with E-state index >= 15 is 0 Å². The van der Waals surface area contributed by atoms with Crippen LogP contribution < -0.4 is 11.1 Å². The van der Waals surface area contributed by atoms with Crippen molar-refractivity contribution < 1.29 is 5.11 Å². The molecule has 14 heavy (non-hydrogen) atoms. The maximum absolute atomic E-state index is 8.65. The van der Waals surface area contributed by atoms with Gasteiger partial charge < -0.3 is 25.7 Å². The van der Waals surface area contributed by atoms with Crippen LogP contribution in [0.1, 0.15) is 0 Å². The van der Waals surface area contributed by atoms with Gasteiger partial charge in [-0.05, 0) is 0 Å². The first-order valence-electron chi connectivity index (χ1n) is 4.51. The summed E-state index contributed by atoms with van der Waals surface area (Å²) in [7, 11) is 1.92. The third-order valence-corrected chi connectivity index (χ3v) is 2.29. The predicted octanol–water partition coefficient (Wildman–Crippen LogP) is 0.493. The van der Waals surface area contributed by atoms with E-state index in [1.54, 1.807) is 0 Å². The Balaban J connectivity index is 2.34. The standard InChI is InChI=1S/C9H14N4O/c1-13-7-5-9(11-2-3-14)12-6(7)4-8(13)10/h4-5,11-12,14H,2-3,10H2,1H3. The zero-order chi connectivity index (χ0) is 10.1. The summed E-state index contributed by atoms with van der Waals surface area (Å²) in [5.41, 5.74) is 7.79. The van der Waals surface area contributed by atoms with E-state index in [1.807, 2.05) is 23.7 Å². The zero-order valence-electron chi connectivity index (χ0n) is 8.04. The number of nitrogens with one attached hydrogen (secondary N) is 2. The summed E-state index contributed by atoms with van der Waals surface area (Å²) in [4.78, 5) is 3.17. The quantitative estimate of drug-likeness (QED) is 0.574. The van der Waals surface area contributed by atoms with E-state index < -0.39 is 0 Å². The summed E-state index contributed by atoms with van der Waals surface area (Å²) in [6.07, 6.45) is 0. The minimum atomic E-state index is 0.123. The van der Waals surface area contributed by atoms with Crippen LogP contribution in [-0.4, -0.2) is 27.8 Å². The van der Waals surface area contributed by atoms with Crippen molar-refractivity contribution in [2.75, 3.05) is 24.2 Å². The number of fused-ring (bicyclic) bond motifs is 1. The summed E-state index contributed by atoms with van der Waals surface area (Å²) in [6, 6.07) is 3.86. The van der Waals surface area contributed by atoms with Crippen LogP contribution >= 0.6 is 0 Å². The predicted molar refractivity (Wildman–Crippen MR) is 57.3 cm³/mol. The number of aromatic amines is 1. The molecule has 5 nitrogen and oxygen atoms in total. The third-order valence-electron chi connectivity index (χ3n) is 2.29. The Hall–Kier alpha value is -1.62. The number of nitrogen functional groups attached to an aromatic ring is 1. The van der Waals surface area contributed by atoms with Gasteiger partial charge in [-0.3, -0.25) is 0 Å². The Labute approximate surface area is 81.5 Å². The highest BCUT2D eigenvalue weighted by Gasteiger charge is 2.06. The van der Waals surface area contributed by atoms with Crippen LogP contribution in [0.2, 0.25) is 0 Å². The minimum Gasteiger partial charge on any atom is -0.395 e. The fraction of sp³-hybridized carbons (Fsp3) is 0.333. The van der Waals surface area contributed by atoms with Gasteiger partial charge in [-0.25, -0.2) is 0 Å². The van der Waals surface area contributed by atoms with Gasteiger partial charge in [0.05, 0.1) is 17.6 Å². The average molecular weight is 194 g/mol. The molecule has 0 aliphatic rings. The molecule has 0 atom stereocenters. The molecule has 0 radical (unpaired) electrons. The highest BCUT2D eigenvalue weighted by molar-refractivity contribution is 5.85. The molecule has 2 rings (SSSR count). The van der Waals surface area contributed by atoms with Gasteiger partial charge in [0.2, 0.25) is 0 Å². The van der Waals surface area contributed by atoms with Crippen molar-refractivity contribution in [3.63, 3.8) is 0 Å². The normalized spacial score (nSPS) is 11.0. The summed E-state index contributed by atoms with van der Waals surface area (Å²) in [5, 5.41) is 11.7. The topological polar surface area (TPSA) is 79.0 Å². The number of rotatable bonds is 3. The van der Waals surface area contributed by atoms with Crippen LogP contribution in [0, 0.1) is 0 Å². The monoisotopic (exact) mass is 194 g/mol. The van der Waals surface area contributed by atoms with Crippen molar-refractivity contribution in [2.24, 2.45) is 7.05 Å². The Morgan fingerprint density at radius 1 is 1.57 bits per heavy atom. The first-order valence-corrected chi connectivity index (χ1v) is 4.51. The number of aryl methyl sites for hydroxylation is 1. The van der Waals surface area contributed by atoms with E-state index in [2.05, 4.69) is 10.3 Å². The second kappa shape index (κ2) is 3.26. The van der Waals surface area contributed by atoms with Gasteiger partial charge in [-0.1, -0.05) is 0 Å². The van der Waals surface area contributed by atoms with Crippen molar-refractivity contribution in [2.45, 2.75) is 0 Å². The molecule has 0 aliphatic carbocycles. The Bertz CT molecular complexity index is 443. The first kappa shape index (κ1) is 8.96. The first-order chi connectivity index (χ1) is 6.72. The molecule has 0 fully saturated rings. The van der Waals surface area contributed by atoms with Gasteiger partial charge in [0, 0.05) is 25.7 Å². The van der Waals surface area contributed by atoms with Gasteiger partial charge in [0.25, 0.3) is 0 Å². The van der Waals surface area contributed by atoms with E-state index in [0.29, 0.717) is 6.54 Å². The highest BCUT2D eigenvalue weighted by Crippen LogP contribution is 2.22. The molecule has 2 aromatic rings. The smallest absolute Gasteiger partial charge is 0.105 e. The van der Waals surface area contributed by atoms with Crippen LogP contribution in [-0.2, 0) is 7.05 Å². The summed E-state index contributed by atoms with van der Waals surface area (Å²) >= 11 is 0. The number of H-pyrrole nitrogens is 1. The molecule has 0 amide bonds. The summed E-state index contributed by atoms with van der Waals surface area (Å²) in [5.74, 6) is 1.64. The molecule has 2 heterocycles. The van der Waals surface area contributed by atoms with Crippen LogP contribution in [0.25, 0.3) is 11.0 Å². The fourth-order valence-corrected chi connectivity index (χ4v) is 1.52. The molecule has 76 valence electrons. The summed E-state index contributed by atoms with van der Waals surface area (Å²) < 4.78 is 1.91. The van der Waals surface area contributed by atoms with Crippen LogP contribution in [0.5, 0.6) is 0 Å². The van der Waals surface area contributed by atoms with Crippen molar-refractivity contribution in [3.8, 4) is 0 Å². The number of aliphatic hydroxyl groups is 1. The molecule has 0 unspecified atom stereocenters. The van der Waals surface area contributed by atoms with E-state index in [1.165, 1.54) is 0 Å². The van der Waals surface area contributed by atoms with E-state index in [-0.39, 0.29) is 6.61 Å². The van der Waals surface area contributed by atoms with Crippen molar-refractivity contribution in [1.82, 2.24) is 9.55 Å². The molecule has 0 saturated heterocycles. The van der Waals surface area contributed by atoms with Gasteiger partial charge >= 0.3 is 0 Å². The largest absolute Gasteiger partial charge is 0.395 e. The van der Waals surface area contributed by atoms with Crippen LogP contribution in [0.3, 0.4) is 0 Å². The molecule has 0 aliphatic heterocycles. The Kier molecular flexibility index (Phi) is 2.09. The van der Waals surface area contributed by atoms with Crippen LogP contribution in [0.15, 0.2) is 12.1 Å². The number of anilines is 2. The second-order valence-corrected chi connectivity index (χ2v) is 3.26. The average Bonchev–Trinajstić information content (AvgIpc) is 2.66. The molecule has 0 aromatic carbocycles. The van der Waals surface area contributed by atoms with E-state index in [0.717, 1.165) is 22.7 Å². The lowest BCUT2D eigenvalue weighted by Gasteiger charge is -1.99. The lowest BCUT2D eigenvalue weighted by molar-refractivity contribution is 0.311. The molecule has 0 saturated carbocycles. The lowest BCUT2D eigenvalue weighted by atomic mass is 10.5. The van der Waals surface area contributed by atoms with Gasteiger partial charge in [-0.15, -0.1) is 0 Å². The lowest BCUT2D eigenvalue weighted by Crippen LogP contribution is -2.05. The SMILES string of the molecule is Cn1c(N)cc2[nH]c(NCCO)cc21. The zero-order valence-corrected chi connectivity index (χ0v) is 8.04. The maximum atomic E-state index is 8.65. The number of hydrogen-bond donors (Lipinski definition) is 4. The molecule has 5 N–H and O–H groups in total. The third kappa shape index (κ3) is 1.31. The number of nitrogens with two attached hydrogens (primary N) is 1. The molecule has 5 heteroatoms. The number of aliphatic hydroxyl groups excluding tert-OH is 1. The van der Waals surface area contributed by atoms with E-state index in [4.69, 9.17) is 10.8 Å². The van der Waals surface area contributed by atoms with Gasteiger partial charge in [-0.2, -0.15) is 0 Å². The molecular formula is C9H14N4O. The molecular weight excluding hydrogens is 180 g/mol. The number of aromatic nitrogens is 2. The van der Waals surface area contributed by atoms with Crippen molar-refractivity contribution >= 4 is 22.7 Å². The van der Waals surface area contributed by atoms with Crippen molar-refractivity contribution in [1.29, 1.82) is 0 Å². The van der Waals surface area contributed by atoms with Gasteiger partial charge in [0.1, 0.15) is 11.6 Å². The fourth-order valence-electron chi connectivity index (χ4n) is 1.52. The molecule has 0 bridgehead atoms. The molecule has 2 aromatic heterocycles. The minimum absolute atomic E-state index is 0.123. The number of nitrogens with zero attached hydrogens (tertiary/aromatic N) is 1.